The van der Waals surface area contributed by atoms with Crippen molar-refractivity contribution in [2.75, 3.05) is 18.4 Å². The van der Waals surface area contributed by atoms with Crippen LogP contribution in [0.1, 0.15) is 34.8 Å². The summed E-state index contributed by atoms with van der Waals surface area (Å²) in [6.45, 7) is 4.52. The number of hydrogen-bond acceptors (Lipinski definition) is 3. The third-order valence-corrected chi connectivity index (χ3v) is 5.97. The molecule has 31 heavy (non-hydrogen) atoms. The highest BCUT2D eigenvalue weighted by atomic mass is 32.2. The second-order valence-corrected chi connectivity index (χ2v) is 8.44. The zero-order chi connectivity index (χ0) is 22.1. The minimum Gasteiger partial charge on any atom is -0.329 e. The van der Waals surface area contributed by atoms with Crippen LogP contribution in [0.15, 0.2) is 83.8 Å². The van der Waals surface area contributed by atoms with Crippen LogP contribution < -0.4 is 5.32 Å². The normalized spacial score (nSPS) is 10.5. The van der Waals surface area contributed by atoms with Gasteiger partial charge in [0.1, 0.15) is 6.54 Å². The quantitative estimate of drug-likeness (QED) is 0.436. The Bertz CT molecular complexity index is 1000. The van der Waals surface area contributed by atoms with E-state index < -0.39 is 0 Å². The van der Waals surface area contributed by atoms with E-state index in [2.05, 4.69) is 17.4 Å². The number of aryl methyl sites for hydroxylation is 1. The van der Waals surface area contributed by atoms with Crippen LogP contribution >= 0.6 is 11.8 Å². The maximum absolute atomic E-state index is 13.0. The standard InChI is InChI=1S/C26H28N2O2S/c1-3-17-28(18-25(29)27-24-12-8-7-9-20(24)2)26(30)22-15-13-21(14-16-22)19-31-23-10-5-4-6-11-23/h4-16H,3,17-19H2,1-2H3,(H,27,29). The molecule has 0 aliphatic rings. The first-order valence-corrected chi connectivity index (χ1v) is 11.5. The predicted octanol–water partition coefficient (Wildman–Crippen LogP) is 5.78. The molecule has 0 spiro atoms. The van der Waals surface area contributed by atoms with Crippen LogP contribution in [0.25, 0.3) is 0 Å². The van der Waals surface area contributed by atoms with E-state index in [-0.39, 0.29) is 18.4 Å². The maximum atomic E-state index is 13.0. The summed E-state index contributed by atoms with van der Waals surface area (Å²) in [6, 6.07) is 25.6. The Kier molecular flexibility index (Phi) is 8.30. The van der Waals surface area contributed by atoms with E-state index in [1.54, 1.807) is 16.7 Å². The third-order valence-electron chi connectivity index (χ3n) is 4.88. The van der Waals surface area contributed by atoms with Gasteiger partial charge in [-0.15, -0.1) is 11.8 Å². The summed E-state index contributed by atoms with van der Waals surface area (Å²) in [5.41, 5.74) is 3.53. The molecule has 3 aromatic carbocycles. The van der Waals surface area contributed by atoms with Crippen LogP contribution in [-0.4, -0.2) is 29.8 Å². The molecular formula is C26H28N2O2S. The van der Waals surface area contributed by atoms with E-state index in [9.17, 15) is 9.59 Å². The Morgan fingerprint density at radius 2 is 1.58 bits per heavy atom. The minimum absolute atomic E-state index is 0.0343. The van der Waals surface area contributed by atoms with Gasteiger partial charge in [0.05, 0.1) is 0 Å². The van der Waals surface area contributed by atoms with E-state index in [4.69, 9.17) is 0 Å². The molecule has 2 amide bonds. The van der Waals surface area contributed by atoms with Crippen molar-refractivity contribution >= 4 is 29.3 Å². The number of para-hydroxylation sites is 1. The second kappa shape index (κ2) is 11.4. The molecule has 0 bridgehead atoms. The predicted molar refractivity (Wildman–Crippen MR) is 128 cm³/mol. The molecule has 0 fully saturated rings. The molecule has 5 heteroatoms. The van der Waals surface area contributed by atoms with Crippen LogP contribution in [0.5, 0.6) is 0 Å². The van der Waals surface area contributed by atoms with Crippen LogP contribution in [-0.2, 0) is 10.5 Å². The first kappa shape index (κ1) is 22.6. The highest BCUT2D eigenvalue weighted by molar-refractivity contribution is 7.98. The summed E-state index contributed by atoms with van der Waals surface area (Å²) in [4.78, 5) is 28.4. The molecule has 0 saturated carbocycles. The van der Waals surface area contributed by atoms with Gasteiger partial charge < -0.3 is 10.2 Å². The highest BCUT2D eigenvalue weighted by Gasteiger charge is 2.18. The molecule has 3 aromatic rings. The van der Waals surface area contributed by atoms with Crippen molar-refractivity contribution in [2.45, 2.75) is 30.9 Å². The molecule has 0 unspecified atom stereocenters. The van der Waals surface area contributed by atoms with Gasteiger partial charge in [-0.1, -0.05) is 55.5 Å². The lowest BCUT2D eigenvalue weighted by atomic mass is 10.1. The van der Waals surface area contributed by atoms with Gasteiger partial charge >= 0.3 is 0 Å². The molecular weight excluding hydrogens is 404 g/mol. The summed E-state index contributed by atoms with van der Waals surface area (Å²) in [5.74, 6) is 0.534. The van der Waals surface area contributed by atoms with E-state index >= 15 is 0 Å². The number of nitrogens with zero attached hydrogens (tertiary/aromatic N) is 1. The molecule has 4 nitrogen and oxygen atoms in total. The molecule has 0 radical (unpaired) electrons. The number of carbonyl (C=O) groups is 2. The van der Waals surface area contributed by atoms with Gasteiger partial charge in [0.15, 0.2) is 0 Å². The lowest BCUT2D eigenvalue weighted by molar-refractivity contribution is -0.116. The van der Waals surface area contributed by atoms with Gasteiger partial charge in [-0.05, 0) is 54.8 Å². The van der Waals surface area contributed by atoms with Crippen molar-refractivity contribution in [2.24, 2.45) is 0 Å². The summed E-state index contributed by atoms with van der Waals surface area (Å²) < 4.78 is 0. The van der Waals surface area contributed by atoms with Crippen molar-refractivity contribution < 1.29 is 9.59 Å². The largest absolute Gasteiger partial charge is 0.329 e. The van der Waals surface area contributed by atoms with Gasteiger partial charge in [-0.25, -0.2) is 0 Å². The second-order valence-electron chi connectivity index (χ2n) is 7.39. The molecule has 1 N–H and O–H groups in total. The Hall–Kier alpha value is -3.05. The fourth-order valence-corrected chi connectivity index (χ4v) is 4.08. The van der Waals surface area contributed by atoms with Crippen LogP contribution in [0.3, 0.4) is 0 Å². The van der Waals surface area contributed by atoms with Gasteiger partial charge in [0.25, 0.3) is 5.91 Å². The van der Waals surface area contributed by atoms with Gasteiger partial charge in [0, 0.05) is 28.4 Å². The number of thioether (sulfide) groups is 1. The van der Waals surface area contributed by atoms with Crippen molar-refractivity contribution in [1.29, 1.82) is 0 Å². The van der Waals surface area contributed by atoms with Crippen molar-refractivity contribution in [3.63, 3.8) is 0 Å². The monoisotopic (exact) mass is 432 g/mol. The molecule has 0 aliphatic carbocycles. The number of anilines is 1. The van der Waals surface area contributed by atoms with Crippen LogP contribution in [0, 0.1) is 6.92 Å². The first-order valence-electron chi connectivity index (χ1n) is 10.5. The summed E-state index contributed by atoms with van der Waals surface area (Å²) in [5, 5.41) is 2.91. The summed E-state index contributed by atoms with van der Waals surface area (Å²) >= 11 is 1.76. The topological polar surface area (TPSA) is 49.4 Å². The Balaban J connectivity index is 1.61. The molecule has 0 aromatic heterocycles. The Morgan fingerprint density at radius 3 is 2.26 bits per heavy atom. The Morgan fingerprint density at radius 1 is 0.903 bits per heavy atom. The third kappa shape index (κ3) is 6.72. The molecule has 0 aliphatic heterocycles. The van der Waals surface area contributed by atoms with Crippen molar-refractivity contribution in [3.05, 3.63) is 95.6 Å². The average molecular weight is 433 g/mol. The first-order chi connectivity index (χ1) is 15.1. The molecule has 0 heterocycles. The maximum Gasteiger partial charge on any atom is 0.254 e. The van der Waals surface area contributed by atoms with Gasteiger partial charge in [-0.2, -0.15) is 0 Å². The fraction of sp³-hybridized carbons (Fsp3) is 0.231. The average Bonchev–Trinajstić information content (AvgIpc) is 2.79. The zero-order valence-corrected chi connectivity index (χ0v) is 18.8. The zero-order valence-electron chi connectivity index (χ0n) is 18.0. The number of nitrogens with one attached hydrogen (secondary N) is 1. The summed E-state index contributed by atoms with van der Waals surface area (Å²) in [6.07, 6.45) is 0.787. The fourth-order valence-electron chi connectivity index (χ4n) is 3.21. The highest BCUT2D eigenvalue weighted by Crippen LogP contribution is 2.22. The van der Waals surface area contributed by atoms with E-state index in [1.165, 1.54) is 4.90 Å². The number of rotatable bonds is 9. The Labute approximate surface area is 188 Å². The number of carbonyl (C=O) groups excluding carboxylic acids is 2. The molecule has 160 valence electrons. The van der Waals surface area contributed by atoms with Crippen LogP contribution in [0.2, 0.25) is 0 Å². The minimum atomic E-state index is -0.188. The number of amides is 2. The van der Waals surface area contributed by atoms with Gasteiger partial charge in [0.2, 0.25) is 5.91 Å². The SMILES string of the molecule is CCCN(CC(=O)Nc1ccccc1C)C(=O)c1ccc(CSc2ccccc2)cc1. The van der Waals surface area contributed by atoms with Crippen LogP contribution in [0.4, 0.5) is 5.69 Å². The lowest BCUT2D eigenvalue weighted by Crippen LogP contribution is -2.38. The summed E-state index contributed by atoms with van der Waals surface area (Å²) in [7, 11) is 0. The lowest BCUT2D eigenvalue weighted by Gasteiger charge is -2.22. The van der Waals surface area contributed by atoms with E-state index in [0.29, 0.717) is 12.1 Å². The molecule has 3 rings (SSSR count). The van der Waals surface area contributed by atoms with E-state index in [1.807, 2.05) is 80.6 Å². The van der Waals surface area contributed by atoms with Crippen molar-refractivity contribution in [3.8, 4) is 0 Å². The molecule has 0 atom stereocenters. The number of benzene rings is 3. The van der Waals surface area contributed by atoms with E-state index in [0.717, 1.165) is 29.0 Å². The molecule has 0 saturated heterocycles. The smallest absolute Gasteiger partial charge is 0.254 e. The number of hydrogen-bond donors (Lipinski definition) is 1. The van der Waals surface area contributed by atoms with Gasteiger partial charge in [-0.3, -0.25) is 9.59 Å². The van der Waals surface area contributed by atoms with Crippen molar-refractivity contribution in [1.82, 2.24) is 4.90 Å².